The monoisotopic (exact) mass is 198 g/mol. The Morgan fingerprint density at radius 1 is 0.714 bits per heavy atom. The predicted molar refractivity (Wildman–Crippen MR) is 66.5 cm³/mol. The van der Waals surface area contributed by atoms with Gasteiger partial charge in [0.2, 0.25) is 0 Å². The zero-order valence-corrected chi connectivity index (χ0v) is 11.6. The predicted octanol–water partition coefficient (Wildman–Crippen LogP) is 5.28. The van der Waals surface area contributed by atoms with Crippen LogP contribution < -0.4 is 0 Å². The standard InChI is InChI=1S/C14H30/c1-9-10-11-14(8,12(2,3)4)13(5,6)7/h9-11H2,1-8H3. The molecule has 0 amide bonds. The number of hydrogen-bond donors (Lipinski definition) is 0. The Balaban J connectivity index is 4.87. The molecular formula is C14H30. The van der Waals surface area contributed by atoms with Crippen LogP contribution in [-0.4, -0.2) is 0 Å². The van der Waals surface area contributed by atoms with E-state index in [0.29, 0.717) is 16.2 Å². The molecule has 0 aromatic rings. The van der Waals surface area contributed by atoms with E-state index in [-0.39, 0.29) is 0 Å². The lowest BCUT2D eigenvalue weighted by molar-refractivity contribution is -0.0235. The van der Waals surface area contributed by atoms with Crippen LogP contribution in [0.4, 0.5) is 0 Å². The van der Waals surface area contributed by atoms with Crippen molar-refractivity contribution in [3.63, 3.8) is 0 Å². The molecule has 0 heteroatoms. The Bertz CT molecular complexity index is 149. The van der Waals surface area contributed by atoms with E-state index in [9.17, 15) is 0 Å². The molecule has 0 N–H and O–H groups in total. The van der Waals surface area contributed by atoms with Gasteiger partial charge in [0, 0.05) is 0 Å². The van der Waals surface area contributed by atoms with Crippen molar-refractivity contribution in [2.75, 3.05) is 0 Å². The quantitative estimate of drug-likeness (QED) is 0.579. The molecule has 0 saturated heterocycles. The summed E-state index contributed by atoms with van der Waals surface area (Å²) < 4.78 is 0. The molecule has 0 heterocycles. The maximum Gasteiger partial charge on any atom is -0.0229 e. The second-order valence-electron chi connectivity index (χ2n) is 6.94. The Morgan fingerprint density at radius 2 is 1.07 bits per heavy atom. The van der Waals surface area contributed by atoms with Crippen LogP contribution in [0.3, 0.4) is 0 Å². The molecule has 0 spiro atoms. The summed E-state index contributed by atoms with van der Waals surface area (Å²) in [4.78, 5) is 0. The van der Waals surface area contributed by atoms with Gasteiger partial charge in [-0.2, -0.15) is 0 Å². The Labute approximate surface area is 91.5 Å². The fraction of sp³-hybridized carbons (Fsp3) is 1.00. The Hall–Kier alpha value is 0. The van der Waals surface area contributed by atoms with Crippen LogP contribution in [0.5, 0.6) is 0 Å². The molecule has 0 bridgehead atoms. The highest BCUT2D eigenvalue weighted by molar-refractivity contribution is 4.94. The minimum Gasteiger partial charge on any atom is -0.0654 e. The van der Waals surface area contributed by atoms with Gasteiger partial charge in [-0.05, 0) is 22.7 Å². The van der Waals surface area contributed by atoms with E-state index in [4.69, 9.17) is 0 Å². The van der Waals surface area contributed by atoms with Crippen molar-refractivity contribution in [3.8, 4) is 0 Å². The van der Waals surface area contributed by atoms with Crippen molar-refractivity contribution in [3.05, 3.63) is 0 Å². The first kappa shape index (κ1) is 14.0. The summed E-state index contributed by atoms with van der Waals surface area (Å²) >= 11 is 0. The topological polar surface area (TPSA) is 0 Å². The van der Waals surface area contributed by atoms with Crippen molar-refractivity contribution in [1.29, 1.82) is 0 Å². The number of rotatable bonds is 3. The molecule has 0 fully saturated rings. The third kappa shape index (κ3) is 2.74. The summed E-state index contributed by atoms with van der Waals surface area (Å²) in [5.41, 5.74) is 1.21. The molecule has 0 aliphatic carbocycles. The summed E-state index contributed by atoms with van der Waals surface area (Å²) in [7, 11) is 0. The Morgan fingerprint density at radius 3 is 1.29 bits per heavy atom. The van der Waals surface area contributed by atoms with Gasteiger partial charge in [0.05, 0.1) is 0 Å². The van der Waals surface area contributed by atoms with Crippen molar-refractivity contribution in [1.82, 2.24) is 0 Å². The maximum atomic E-state index is 2.46. The molecule has 86 valence electrons. The first-order chi connectivity index (χ1) is 6.06. The molecule has 0 rings (SSSR count). The van der Waals surface area contributed by atoms with E-state index in [2.05, 4.69) is 55.4 Å². The summed E-state index contributed by atoms with van der Waals surface area (Å²) in [6, 6.07) is 0. The SMILES string of the molecule is CCCCC(C)(C(C)(C)C)C(C)(C)C. The summed E-state index contributed by atoms with van der Waals surface area (Å²) in [6.07, 6.45) is 4.00. The second-order valence-corrected chi connectivity index (χ2v) is 6.94. The smallest absolute Gasteiger partial charge is 0.0229 e. The minimum absolute atomic E-state index is 0.389. The molecule has 0 saturated carbocycles. The van der Waals surface area contributed by atoms with Crippen molar-refractivity contribution < 1.29 is 0 Å². The van der Waals surface area contributed by atoms with E-state index in [1.165, 1.54) is 19.3 Å². The van der Waals surface area contributed by atoms with Gasteiger partial charge in [0.15, 0.2) is 0 Å². The van der Waals surface area contributed by atoms with Crippen molar-refractivity contribution in [2.45, 2.75) is 74.7 Å². The molecular weight excluding hydrogens is 168 g/mol. The highest BCUT2D eigenvalue weighted by atomic mass is 14.5. The van der Waals surface area contributed by atoms with Crippen molar-refractivity contribution in [2.24, 2.45) is 16.2 Å². The van der Waals surface area contributed by atoms with Crippen LogP contribution in [-0.2, 0) is 0 Å². The fourth-order valence-corrected chi connectivity index (χ4v) is 2.41. The normalized spacial score (nSPS) is 14.6. The maximum absolute atomic E-state index is 2.46. The summed E-state index contributed by atoms with van der Waals surface area (Å²) in [6.45, 7) is 19.0. The molecule has 14 heavy (non-hydrogen) atoms. The first-order valence-electron chi connectivity index (χ1n) is 6.06. The van der Waals surface area contributed by atoms with Crippen LogP contribution in [0.1, 0.15) is 74.7 Å². The zero-order valence-electron chi connectivity index (χ0n) is 11.6. The van der Waals surface area contributed by atoms with Crippen LogP contribution in [0.15, 0.2) is 0 Å². The lowest BCUT2D eigenvalue weighted by Gasteiger charge is -2.52. The average molecular weight is 198 g/mol. The van der Waals surface area contributed by atoms with Gasteiger partial charge in [0.1, 0.15) is 0 Å². The van der Waals surface area contributed by atoms with Gasteiger partial charge >= 0.3 is 0 Å². The minimum atomic E-state index is 0.389. The number of hydrogen-bond acceptors (Lipinski definition) is 0. The largest absolute Gasteiger partial charge is 0.0654 e. The van der Waals surface area contributed by atoms with Gasteiger partial charge < -0.3 is 0 Å². The van der Waals surface area contributed by atoms with Crippen molar-refractivity contribution >= 4 is 0 Å². The fourth-order valence-electron chi connectivity index (χ4n) is 2.41. The first-order valence-corrected chi connectivity index (χ1v) is 6.06. The molecule has 0 nitrogen and oxygen atoms in total. The lowest BCUT2D eigenvalue weighted by atomic mass is 9.53. The molecule has 0 atom stereocenters. The molecule has 0 aromatic heterocycles. The third-order valence-electron chi connectivity index (χ3n) is 4.34. The van der Waals surface area contributed by atoms with E-state index >= 15 is 0 Å². The molecule has 0 aromatic carbocycles. The van der Waals surface area contributed by atoms with Gasteiger partial charge in [0.25, 0.3) is 0 Å². The average Bonchev–Trinajstić information content (AvgIpc) is 1.95. The van der Waals surface area contributed by atoms with Crippen LogP contribution in [0.2, 0.25) is 0 Å². The van der Waals surface area contributed by atoms with E-state index < -0.39 is 0 Å². The van der Waals surface area contributed by atoms with Gasteiger partial charge in [-0.15, -0.1) is 0 Å². The van der Waals surface area contributed by atoms with E-state index in [1.54, 1.807) is 0 Å². The van der Waals surface area contributed by atoms with Crippen LogP contribution in [0, 0.1) is 16.2 Å². The lowest BCUT2D eigenvalue weighted by Crippen LogP contribution is -2.43. The highest BCUT2D eigenvalue weighted by Gasteiger charge is 2.45. The summed E-state index contributed by atoms with van der Waals surface area (Å²) in [5.74, 6) is 0. The molecule has 0 aliphatic rings. The van der Waals surface area contributed by atoms with E-state index in [1.807, 2.05) is 0 Å². The van der Waals surface area contributed by atoms with Gasteiger partial charge in [-0.1, -0.05) is 68.2 Å². The van der Waals surface area contributed by atoms with E-state index in [0.717, 1.165) is 0 Å². The Kier molecular flexibility index (Phi) is 4.24. The second kappa shape index (κ2) is 4.24. The van der Waals surface area contributed by atoms with Gasteiger partial charge in [-0.25, -0.2) is 0 Å². The molecule has 0 radical (unpaired) electrons. The highest BCUT2D eigenvalue weighted by Crippen LogP contribution is 2.54. The third-order valence-corrected chi connectivity index (χ3v) is 4.34. The number of unbranched alkanes of at least 4 members (excludes halogenated alkanes) is 1. The van der Waals surface area contributed by atoms with Crippen LogP contribution in [0.25, 0.3) is 0 Å². The van der Waals surface area contributed by atoms with Crippen LogP contribution >= 0.6 is 0 Å². The molecule has 0 aliphatic heterocycles. The summed E-state index contributed by atoms with van der Waals surface area (Å²) in [5, 5.41) is 0. The zero-order chi connectivity index (χ0) is 11.6. The van der Waals surface area contributed by atoms with Gasteiger partial charge in [-0.3, -0.25) is 0 Å². The molecule has 0 unspecified atom stereocenters.